The van der Waals surface area contributed by atoms with E-state index in [1.165, 1.54) is 0 Å². The molecule has 0 N–H and O–H groups in total. The molecule has 10 heteroatoms. The van der Waals surface area contributed by atoms with E-state index in [0.717, 1.165) is 110 Å². The molecule has 9 heterocycles. The van der Waals surface area contributed by atoms with Gasteiger partial charge in [-0.2, -0.15) is 5.26 Å². The third-order valence-electron chi connectivity index (χ3n) is 13.2. The summed E-state index contributed by atoms with van der Waals surface area (Å²) in [5.74, 6) is 1.35. The van der Waals surface area contributed by atoms with Gasteiger partial charge in [0.15, 0.2) is 11.6 Å². The lowest BCUT2D eigenvalue weighted by molar-refractivity contribution is 0.958. The van der Waals surface area contributed by atoms with Crippen molar-refractivity contribution in [2.75, 3.05) is 0 Å². The van der Waals surface area contributed by atoms with Crippen molar-refractivity contribution < 1.29 is 0 Å². The minimum atomic E-state index is 0.556. The van der Waals surface area contributed by atoms with Gasteiger partial charge in [0, 0.05) is 73.4 Å². The molecule has 0 spiro atoms. The Morgan fingerprint density at radius 1 is 0.333 bits per heavy atom. The Kier molecular flexibility index (Phi) is 7.52. The van der Waals surface area contributed by atoms with Crippen molar-refractivity contribution in [2.45, 2.75) is 0 Å². The summed E-state index contributed by atoms with van der Waals surface area (Å²) in [5, 5.41) is 18.8. The van der Waals surface area contributed by atoms with Gasteiger partial charge < -0.3 is 9.13 Å². The molecule has 0 bridgehead atoms. The van der Waals surface area contributed by atoms with E-state index in [9.17, 15) is 5.26 Å². The summed E-state index contributed by atoms with van der Waals surface area (Å²) in [6.07, 6.45) is 15.2. The zero-order chi connectivity index (χ0) is 43.5. The highest BCUT2D eigenvalue weighted by Crippen LogP contribution is 2.48. The van der Waals surface area contributed by atoms with Crippen LogP contribution in [0.4, 0.5) is 0 Å². The van der Waals surface area contributed by atoms with Crippen LogP contribution in [0.5, 0.6) is 0 Å². The summed E-state index contributed by atoms with van der Waals surface area (Å²) in [6.45, 7) is 0. The molecule has 0 saturated carbocycles. The van der Waals surface area contributed by atoms with Crippen molar-refractivity contribution in [3.63, 3.8) is 0 Å². The van der Waals surface area contributed by atoms with Crippen LogP contribution in [-0.2, 0) is 0 Å². The molecule has 0 amide bonds. The molecule has 14 rings (SSSR count). The number of hydrogen-bond donors (Lipinski definition) is 0. The molecule has 0 atom stereocenters. The lowest BCUT2D eigenvalue weighted by Crippen LogP contribution is -2.16. The van der Waals surface area contributed by atoms with Crippen molar-refractivity contribution in [3.05, 3.63) is 201 Å². The molecule has 0 fully saturated rings. The fraction of sp³-hybridized carbons (Fsp3) is 0. The largest absolute Gasteiger partial charge is 0.304 e. The number of para-hydroxylation sites is 4. The van der Waals surface area contributed by atoms with Gasteiger partial charge in [0.25, 0.3) is 0 Å². The van der Waals surface area contributed by atoms with Crippen LogP contribution in [-0.4, -0.2) is 43.2 Å². The average Bonchev–Trinajstić information content (AvgIpc) is 4.11. The topological polar surface area (TPSA) is 108 Å². The predicted molar refractivity (Wildman–Crippen MR) is 263 cm³/mol. The monoisotopic (exact) mass is 844 g/mol. The van der Waals surface area contributed by atoms with Gasteiger partial charge in [-0.3, -0.25) is 29.1 Å². The van der Waals surface area contributed by atoms with Crippen LogP contribution in [0, 0.1) is 11.3 Å². The van der Waals surface area contributed by atoms with E-state index in [2.05, 4.69) is 158 Å². The average molecular weight is 845 g/mol. The maximum Gasteiger partial charge on any atom is 0.165 e. The number of nitrogens with zero attached hydrogens (tertiary/aromatic N) is 10. The van der Waals surface area contributed by atoms with Crippen LogP contribution < -0.4 is 0 Å². The summed E-state index contributed by atoms with van der Waals surface area (Å²) in [7, 11) is 0. The fourth-order valence-corrected chi connectivity index (χ4v) is 10.5. The van der Waals surface area contributed by atoms with E-state index in [-0.39, 0.29) is 0 Å². The molecule has 9 aromatic heterocycles. The molecule has 0 radical (unpaired) electrons. The van der Waals surface area contributed by atoms with Gasteiger partial charge >= 0.3 is 0 Å². The van der Waals surface area contributed by atoms with E-state index >= 15 is 0 Å². The molecule has 0 aliphatic carbocycles. The predicted octanol–water partition coefficient (Wildman–Crippen LogP) is 12.6. The van der Waals surface area contributed by atoms with Gasteiger partial charge in [0.05, 0.1) is 80.6 Å². The summed E-state index contributed by atoms with van der Waals surface area (Å²) in [4.78, 5) is 25.2. The first-order valence-electron chi connectivity index (χ1n) is 21.7. The Balaban J connectivity index is 1.33. The van der Waals surface area contributed by atoms with Gasteiger partial charge in [-0.15, -0.1) is 0 Å². The fourth-order valence-electron chi connectivity index (χ4n) is 10.5. The van der Waals surface area contributed by atoms with Crippen molar-refractivity contribution in [1.82, 2.24) is 43.2 Å². The Morgan fingerprint density at radius 2 is 0.652 bits per heavy atom. The third-order valence-corrected chi connectivity index (χ3v) is 13.2. The van der Waals surface area contributed by atoms with Gasteiger partial charge in [0.2, 0.25) is 0 Å². The van der Waals surface area contributed by atoms with Crippen molar-refractivity contribution in [3.8, 4) is 40.2 Å². The second kappa shape index (κ2) is 13.8. The standard InChI is InChI=1S/C56H32N10/c57-29-34-17-19-35(20-18-34)52-53(63-44-13-5-1-9-36(44)40-21-25-58-30-48(40)63)55(65-46-15-7-3-11-38(46)42-23-27-60-32-50(42)65)62-56(66-47-16-8-4-12-39(47)43-24-28-61-33-51(43)66)54(52)64-45-14-6-2-10-37(45)41-22-26-59-31-49(41)64/h1-28,30-33H. The van der Waals surface area contributed by atoms with Gasteiger partial charge in [0.1, 0.15) is 11.4 Å². The molecule has 14 aromatic rings. The first-order valence-corrected chi connectivity index (χ1v) is 21.7. The number of nitriles is 1. The number of rotatable bonds is 5. The first kappa shape index (κ1) is 36.1. The van der Waals surface area contributed by atoms with Crippen LogP contribution in [0.15, 0.2) is 195 Å². The quantitative estimate of drug-likeness (QED) is 0.171. The van der Waals surface area contributed by atoms with E-state index in [0.29, 0.717) is 17.2 Å². The SMILES string of the molecule is N#Cc1ccc(-c2c(-n3c4ccccc4c4ccncc43)c(-n3c4ccccc4c4ccncc43)nc(-n3c4ccccc4c4ccncc43)c2-n2c3ccccc3c3ccncc32)cc1. The number of benzene rings is 5. The van der Waals surface area contributed by atoms with E-state index in [4.69, 9.17) is 24.9 Å². The normalized spacial score (nSPS) is 11.9. The Labute approximate surface area is 375 Å². The second-order valence-electron chi connectivity index (χ2n) is 16.5. The van der Waals surface area contributed by atoms with Crippen LogP contribution in [0.25, 0.3) is 121 Å². The van der Waals surface area contributed by atoms with Crippen molar-refractivity contribution >= 4 is 87.2 Å². The van der Waals surface area contributed by atoms with Gasteiger partial charge in [-0.25, -0.2) is 4.98 Å². The number of hydrogen-bond acceptors (Lipinski definition) is 6. The molecule has 0 aliphatic rings. The van der Waals surface area contributed by atoms with Crippen LogP contribution in [0.1, 0.15) is 5.56 Å². The Hall–Kier alpha value is -9.46. The zero-order valence-electron chi connectivity index (χ0n) is 34.9. The van der Waals surface area contributed by atoms with Crippen LogP contribution in [0.2, 0.25) is 0 Å². The van der Waals surface area contributed by atoms with E-state index in [1.54, 1.807) is 0 Å². The van der Waals surface area contributed by atoms with Crippen LogP contribution in [0.3, 0.4) is 0 Å². The molecular weight excluding hydrogens is 813 g/mol. The maximum atomic E-state index is 10.2. The summed E-state index contributed by atoms with van der Waals surface area (Å²) >= 11 is 0. The first-order chi connectivity index (χ1) is 32.8. The van der Waals surface area contributed by atoms with Crippen molar-refractivity contribution in [2.24, 2.45) is 0 Å². The maximum absolute atomic E-state index is 10.2. The van der Waals surface area contributed by atoms with Crippen molar-refractivity contribution in [1.29, 1.82) is 5.26 Å². The molecule has 306 valence electrons. The van der Waals surface area contributed by atoms with Gasteiger partial charge in [-0.05, 0) is 66.2 Å². The Morgan fingerprint density at radius 3 is 1.02 bits per heavy atom. The third kappa shape index (κ3) is 4.90. The smallest absolute Gasteiger partial charge is 0.165 e. The lowest BCUT2D eigenvalue weighted by atomic mass is 9.99. The number of pyridine rings is 5. The molecule has 0 aliphatic heterocycles. The Bertz CT molecular complexity index is 3910. The molecular formula is C56H32N10. The summed E-state index contributed by atoms with van der Waals surface area (Å²) in [5.41, 5.74) is 11.5. The molecule has 0 saturated heterocycles. The second-order valence-corrected chi connectivity index (χ2v) is 16.5. The number of aromatic nitrogens is 9. The minimum absolute atomic E-state index is 0.556. The highest BCUT2D eigenvalue weighted by atomic mass is 15.2. The number of fused-ring (bicyclic) bond motifs is 12. The molecule has 66 heavy (non-hydrogen) atoms. The zero-order valence-corrected chi connectivity index (χ0v) is 34.9. The summed E-state index contributed by atoms with van der Waals surface area (Å²) in [6, 6.07) is 52.6. The highest BCUT2D eigenvalue weighted by Gasteiger charge is 2.32. The van der Waals surface area contributed by atoms with E-state index in [1.807, 2.05) is 61.7 Å². The lowest BCUT2D eigenvalue weighted by Gasteiger charge is -2.26. The highest BCUT2D eigenvalue weighted by molar-refractivity contribution is 6.15. The van der Waals surface area contributed by atoms with E-state index < -0.39 is 0 Å². The summed E-state index contributed by atoms with van der Waals surface area (Å²) < 4.78 is 9.20. The van der Waals surface area contributed by atoms with Crippen LogP contribution >= 0.6 is 0 Å². The molecule has 10 nitrogen and oxygen atoms in total. The molecule has 0 unspecified atom stereocenters. The van der Waals surface area contributed by atoms with Gasteiger partial charge in [-0.1, -0.05) is 84.9 Å². The molecule has 5 aromatic carbocycles. The minimum Gasteiger partial charge on any atom is -0.304 e.